The molecule has 6 nitrogen and oxygen atoms in total. The third-order valence-electron chi connectivity index (χ3n) is 2.98. The molecule has 1 saturated heterocycles. The molecule has 0 spiro atoms. The number of ether oxygens (including phenoxy) is 1. The van der Waals surface area contributed by atoms with E-state index in [2.05, 4.69) is 15.2 Å². The lowest BCUT2D eigenvalue weighted by Crippen LogP contribution is -2.41. The van der Waals surface area contributed by atoms with Gasteiger partial charge in [-0.1, -0.05) is 0 Å². The fourth-order valence-electron chi connectivity index (χ4n) is 2.16. The summed E-state index contributed by atoms with van der Waals surface area (Å²) in [5.41, 5.74) is 0. The molecule has 0 atom stereocenters. The lowest BCUT2D eigenvalue weighted by atomic mass is 10.1. The highest BCUT2D eigenvalue weighted by Crippen LogP contribution is 2.16. The van der Waals surface area contributed by atoms with E-state index in [0.717, 1.165) is 12.8 Å². The third kappa shape index (κ3) is 3.07. The Balaban J connectivity index is 1.88. The number of hydrogen-bond donors (Lipinski definition) is 1. The molecule has 1 amide bonds. The molecule has 0 aromatic carbocycles. The molecule has 1 fully saturated rings. The highest BCUT2D eigenvalue weighted by atomic mass is 16.5. The Kier molecular flexibility index (Phi) is 3.96. The molecule has 6 heteroatoms. The van der Waals surface area contributed by atoms with E-state index in [9.17, 15) is 4.79 Å². The van der Waals surface area contributed by atoms with Gasteiger partial charge in [-0.25, -0.2) is 4.98 Å². The Morgan fingerprint density at radius 1 is 1.44 bits per heavy atom. The van der Waals surface area contributed by atoms with Gasteiger partial charge in [0.1, 0.15) is 5.82 Å². The van der Waals surface area contributed by atoms with Crippen LogP contribution in [0.4, 0.5) is 0 Å². The Bertz CT molecular complexity index is 408. The van der Waals surface area contributed by atoms with E-state index in [-0.39, 0.29) is 23.9 Å². The number of nitrogens with one attached hydrogen (secondary N) is 1. The maximum Gasteiger partial charge on any atom is 0.293 e. The zero-order chi connectivity index (χ0) is 13.1. The molecule has 2 rings (SSSR count). The van der Waals surface area contributed by atoms with E-state index in [0.29, 0.717) is 18.9 Å². The van der Waals surface area contributed by atoms with Gasteiger partial charge in [-0.15, -0.1) is 5.10 Å². The molecule has 100 valence electrons. The van der Waals surface area contributed by atoms with E-state index in [1.807, 2.05) is 13.8 Å². The maximum atomic E-state index is 12.1. The number of H-pyrrole nitrogens is 1. The largest absolute Gasteiger partial charge is 0.375 e. The van der Waals surface area contributed by atoms with Gasteiger partial charge in [0.05, 0.1) is 12.2 Å². The molecule has 0 bridgehead atoms. The number of amides is 1. The van der Waals surface area contributed by atoms with Crippen molar-refractivity contribution >= 4 is 5.91 Å². The highest BCUT2D eigenvalue weighted by Gasteiger charge is 2.26. The molecular weight excluding hydrogens is 232 g/mol. The third-order valence-corrected chi connectivity index (χ3v) is 2.98. The van der Waals surface area contributed by atoms with Crippen LogP contribution in [0.25, 0.3) is 0 Å². The van der Waals surface area contributed by atoms with E-state index in [4.69, 9.17) is 4.74 Å². The minimum atomic E-state index is -0.0950. The van der Waals surface area contributed by atoms with Crippen molar-refractivity contribution in [3.05, 3.63) is 11.6 Å². The molecule has 1 aromatic rings. The summed E-state index contributed by atoms with van der Waals surface area (Å²) in [5.74, 6) is 0.828. The summed E-state index contributed by atoms with van der Waals surface area (Å²) in [4.78, 5) is 17.9. The normalized spacial score (nSPS) is 17.4. The maximum absolute atomic E-state index is 12.1. The second-order valence-corrected chi connectivity index (χ2v) is 4.92. The second kappa shape index (κ2) is 5.48. The minimum Gasteiger partial charge on any atom is -0.375 e. The van der Waals surface area contributed by atoms with Gasteiger partial charge in [-0.05, 0) is 33.6 Å². The average molecular weight is 252 g/mol. The Morgan fingerprint density at radius 2 is 2.11 bits per heavy atom. The molecule has 1 aliphatic rings. The monoisotopic (exact) mass is 252 g/mol. The minimum absolute atomic E-state index is 0.0950. The summed E-state index contributed by atoms with van der Waals surface area (Å²) in [6, 6.07) is 0. The first-order chi connectivity index (χ1) is 8.56. The fraction of sp³-hybridized carbons (Fsp3) is 0.750. The summed E-state index contributed by atoms with van der Waals surface area (Å²) in [6.07, 6.45) is 2.27. The van der Waals surface area contributed by atoms with Crippen molar-refractivity contribution < 1.29 is 9.53 Å². The van der Waals surface area contributed by atoms with Crippen molar-refractivity contribution in [3.63, 3.8) is 0 Å². The molecular formula is C12H20N4O2. The van der Waals surface area contributed by atoms with Crippen molar-refractivity contribution in [1.82, 2.24) is 20.1 Å². The zero-order valence-corrected chi connectivity index (χ0v) is 11.1. The van der Waals surface area contributed by atoms with Crippen molar-refractivity contribution in [1.29, 1.82) is 0 Å². The van der Waals surface area contributed by atoms with Crippen LogP contribution in [0.5, 0.6) is 0 Å². The first-order valence-electron chi connectivity index (χ1n) is 6.40. The molecule has 0 radical (unpaired) electrons. The number of hydrogen-bond acceptors (Lipinski definition) is 4. The van der Waals surface area contributed by atoms with Crippen LogP contribution in [-0.4, -0.2) is 51.3 Å². The van der Waals surface area contributed by atoms with Crippen molar-refractivity contribution in [2.75, 3.05) is 13.1 Å². The van der Waals surface area contributed by atoms with Crippen LogP contribution in [0.1, 0.15) is 43.1 Å². The van der Waals surface area contributed by atoms with Crippen LogP contribution in [0.3, 0.4) is 0 Å². The molecule has 0 saturated carbocycles. The molecule has 18 heavy (non-hydrogen) atoms. The van der Waals surface area contributed by atoms with Crippen molar-refractivity contribution in [2.45, 2.75) is 45.8 Å². The van der Waals surface area contributed by atoms with Gasteiger partial charge in [-0.3, -0.25) is 9.89 Å². The molecule has 2 heterocycles. The Morgan fingerprint density at radius 3 is 2.61 bits per heavy atom. The second-order valence-electron chi connectivity index (χ2n) is 4.92. The SMILES string of the molecule is Cc1nc(C(=O)N2CCC(OC(C)C)CC2)n[nH]1. The number of piperidine rings is 1. The van der Waals surface area contributed by atoms with Gasteiger partial charge in [-0.2, -0.15) is 0 Å². The standard InChI is InChI=1S/C12H20N4O2/c1-8(2)18-10-4-6-16(7-5-10)12(17)11-13-9(3)14-15-11/h8,10H,4-7H2,1-3H3,(H,13,14,15). The van der Waals surface area contributed by atoms with E-state index >= 15 is 0 Å². The lowest BCUT2D eigenvalue weighted by Gasteiger charge is -2.32. The number of likely N-dealkylation sites (tertiary alicyclic amines) is 1. The molecule has 1 N–H and O–H groups in total. The average Bonchev–Trinajstić information content (AvgIpc) is 2.75. The number of aromatic amines is 1. The molecule has 1 aliphatic heterocycles. The van der Waals surface area contributed by atoms with E-state index in [1.54, 1.807) is 11.8 Å². The van der Waals surface area contributed by atoms with Crippen LogP contribution < -0.4 is 0 Å². The number of carbonyl (C=O) groups excluding carboxylic acids is 1. The quantitative estimate of drug-likeness (QED) is 0.875. The Labute approximate surface area is 107 Å². The van der Waals surface area contributed by atoms with Gasteiger partial charge in [0.2, 0.25) is 5.82 Å². The first-order valence-corrected chi connectivity index (χ1v) is 6.40. The number of nitrogens with zero attached hydrogens (tertiary/aromatic N) is 3. The van der Waals surface area contributed by atoms with Crippen LogP contribution >= 0.6 is 0 Å². The van der Waals surface area contributed by atoms with Gasteiger partial charge < -0.3 is 9.64 Å². The summed E-state index contributed by atoms with van der Waals surface area (Å²) in [5, 5.41) is 6.59. The Hall–Kier alpha value is -1.43. The topological polar surface area (TPSA) is 71.1 Å². The fourth-order valence-corrected chi connectivity index (χ4v) is 2.16. The van der Waals surface area contributed by atoms with Crippen LogP contribution in [0.15, 0.2) is 0 Å². The summed E-state index contributed by atoms with van der Waals surface area (Å²) < 4.78 is 5.75. The number of aromatic nitrogens is 3. The predicted molar refractivity (Wildman–Crippen MR) is 66.3 cm³/mol. The molecule has 1 aromatic heterocycles. The summed E-state index contributed by atoms with van der Waals surface area (Å²) in [7, 11) is 0. The zero-order valence-electron chi connectivity index (χ0n) is 11.1. The smallest absolute Gasteiger partial charge is 0.293 e. The molecule has 0 aliphatic carbocycles. The van der Waals surface area contributed by atoms with E-state index in [1.165, 1.54) is 0 Å². The van der Waals surface area contributed by atoms with Crippen LogP contribution in [0.2, 0.25) is 0 Å². The van der Waals surface area contributed by atoms with Crippen LogP contribution in [-0.2, 0) is 4.74 Å². The number of carbonyl (C=O) groups is 1. The van der Waals surface area contributed by atoms with Crippen molar-refractivity contribution in [3.8, 4) is 0 Å². The molecule has 0 unspecified atom stereocenters. The summed E-state index contributed by atoms with van der Waals surface area (Å²) in [6.45, 7) is 7.28. The first kappa shape index (κ1) is 13.0. The number of rotatable bonds is 3. The van der Waals surface area contributed by atoms with Crippen molar-refractivity contribution in [2.24, 2.45) is 0 Å². The highest BCUT2D eigenvalue weighted by molar-refractivity contribution is 5.90. The lowest BCUT2D eigenvalue weighted by molar-refractivity contribution is -0.0237. The van der Waals surface area contributed by atoms with E-state index < -0.39 is 0 Å². The number of aryl methyl sites for hydroxylation is 1. The van der Waals surface area contributed by atoms with Gasteiger partial charge in [0.25, 0.3) is 5.91 Å². The van der Waals surface area contributed by atoms with Gasteiger partial charge in [0, 0.05) is 13.1 Å². The summed E-state index contributed by atoms with van der Waals surface area (Å²) >= 11 is 0. The van der Waals surface area contributed by atoms with Gasteiger partial charge >= 0.3 is 0 Å². The van der Waals surface area contributed by atoms with Crippen LogP contribution in [0, 0.1) is 6.92 Å². The predicted octanol–water partition coefficient (Wildman–Crippen LogP) is 1.14. The van der Waals surface area contributed by atoms with Gasteiger partial charge in [0.15, 0.2) is 0 Å².